The number of carbonyl (C=O) groups excluding carboxylic acids is 1. The molecule has 2 N–H and O–H groups in total. The second-order valence-corrected chi connectivity index (χ2v) is 3.94. The van der Waals surface area contributed by atoms with Crippen LogP contribution in [0.5, 0.6) is 0 Å². The van der Waals surface area contributed by atoms with Gasteiger partial charge >= 0.3 is 0 Å². The summed E-state index contributed by atoms with van der Waals surface area (Å²) in [7, 11) is 0. The van der Waals surface area contributed by atoms with Crippen LogP contribution in [0, 0.1) is 0 Å². The summed E-state index contributed by atoms with van der Waals surface area (Å²) in [6.45, 7) is 4.08. The summed E-state index contributed by atoms with van der Waals surface area (Å²) >= 11 is 0. The molecule has 0 fully saturated rings. The highest BCUT2D eigenvalue weighted by Crippen LogP contribution is 1.86. The van der Waals surface area contributed by atoms with E-state index in [1.54, 1.807) is 0 Å². The van der Waals surface area contributed by atoms with E-state index in [9.17, 15) is 4.79 Å². The first-order chi connectivity index (χ1) is 11.4. The lowest BCUT2D eigenvalue weighted by atomic mass is 10.5. The highest BCUT2D eigenvalue weighted by atomic mass is 17.5. The van der Waals surface area contributed by atoms with Crippen LogP contribution < -0.4 is 5.73 Å². The molecule has 0 saturated carbocycles. The minimum atomic E-state index is 0.157. The minimum absolute atomic E-state index is 0.157. The van der Waals surface area contributed by atoms with Gasteiger partial charge in [-0.15, -0.1) is 0 Å². The molecule has 0 aliphatic carbocycles. The predicted molar refractivity (Wildman–Crippen MR) is 77.1 cm³/mol. The molecule has 23 heavy (non-hydrogen) atoms. The van der Waals surface area contributed by atoms with Crippen LogP contribution in [0.15, 0.2) is 0 Å². The molecule has 0 amide bonds. The number of aldehydes is 1. The molecule has 0 aliphatic heterocycles. The highest BCUT2D eigenvalue weighted by Gasteiger charge is 1.94. The van der Waals surface area contributed by atoms with Gasteiger partial charge in [-0.25, -0.2) is 19.6 Å². The van der Waals surface area contributed by atoms with Crippen LogP contribution in [0.4, 0.5) is 0 Å². The second-order valence-electron chi connectivity index (χ2n) is 3.94. The summed E-state index contributed by atoms with van der Waals surface area (Å²) in [6, 6.07) is 0. The molecule has 0 rings (SSSR count). The zero-order chi connectivity index (χ0) is 16.8. The summed E-state index contributed by atoms with van der Waals surface area (Å²) in [4.78, 5) is 28.8. The fourth-order valence-corrected chi connectivity index (χ4v) is 1.10. The van der Waals surface area contributed by atoms with Crippen molar-refractivity contribution in [1.29, 1.82) is 0 Å². The Morgan fingerprint density at radius 3 is 1.65 bits per heavy atom. The average Bonchev–Trinajstić information content (AvgIpc) is 2.57. The van der Waals surface area contributed by atoms with Gasteiger partial charge in [-0.3, -0.25) is 0 Å². The van der Waals surface area contributed by atoms with Gasteiger partial charge in [-0.05, 0) is 0 Å². The lowest BCUT2D eigenvalue weighted by Gasteiger charge is -2.07. The monoisotopic (exact) mass is 341 g/mol. The van der Waals surface area contributed by atoms with Crippen LogP contribution in [0.3, 0.4) is 0 Å². The molecular formula is C13H27NO9. The van der Waals surface area contributed by atoms with E-state index in [1.807, 2.05) is 0 Å². The van der Waals surface area contributed by atoms with Crippen molar-refractivity contribution in [3.63, 3.8) is 0 Å². The van der Waals surface area contributed by atoms with Gasteiger partial charge in [-0.2, -0.15) is 0 Å². The lowest BCUT2D eigenvalue weighted by molar-refractivity contribution is -0.512. The SMILES string of the molecule is NCCOCCOOCCOCCOCCOOOCCC=O. The lowest BCUT2D eigenvalue weighted by Crippen LogP contribution is -2.14. The van der Waals surface area contributed by atoms with Gasteiger partial charge in [0.25, 0.3) is 0 Å². The maximum Gasteiger partial charge on any atom is 0.122 e. The van der Waals surface area contributed by atoms with Crippen molar-refractivity contribution in [2.45, 2.75) is 6.42 Å². The van der Waals surface area contributed by atoms with Crippen molar-refractivity contribution >= 4 is 6.29 Å². The van der Waals surface area contributed by atoms with Gasteiger partial charge in [0.15, 0.2) is 0 Å². The largest absolute Gasteiger partial charge is 0.378 e. The van der Waals surface area contributed by atoms with Crippen molar-refractivity contribution in [3.05, 3.63) is 0 Å². The zero-order valence-electron chi connectivity index (χ0n) is 13.3. The molecule has 0 aromatic carbocycles. The van der Waals surface area contributed by atoms with E-state index in [1.165, 1.54) is 0 Å². The maximum atomic E-state index is 9.96. The molecule has 0 aromatic rings. The molecule has 10 heteroatoms. The standard InChI is InChI=1S/C13H27NO9/c14-2-5-16-8-11-19-20-12-9-17-6-7-18-10-13-22-23-21-4-1-3-15/h3H,1-2,4-14H2. The Kier molecular flexibility index (Phi) is 20.7. The topological polar surface area (TPSA) is 117 Å². The van der Waals surface area contributed by atoms with E-state index >= 15 is 0 Å². The maximum absolute atomic E-state index is 9.96. The van der Waals surface area contributed by atoms with Crippen molar-refractivity contribution in [3.8, 4) is 0 Å². The average molecular weight is 341 g/mol. The van der Waals surface area contributed by atoms with Crippen LogP contribution in [-0.2, 0) is 43.6 Å². The van der Waals surface area contributed by atoms with Crippen molar-refractivity contribution < 1.29 is 43.6 Å². The number of hydrogen-bond acceptors (Lipinski definition) is 10. The number of carbonyl (C=O) groups is 1. The molecule has 0 unspecified atom stereocenters. The van der Waals surface area contributed by atoms with E-state index in [4.69, 9.17) is 29.7 Å². The summed E-state index contributed by atoms with van der Waals surface area (Å²) in [5.41, 5.74) is 5.25. The Labute approximate surface area is 135 Å². The first-order valence-corrected chi connectivity index (χ1v) is 7.44. The molecular weight excluding hydrogens is 314 g/mol. The minimum Gasteiger partial charge on any atom is -0.378 e. The van der Waals surface area contributed by atoms with Crippen LogP contribution in [0.25, 0.3) is 0 Å². The molecule has 0 aliphatic rings. The third-order valence-electron chi connectivity index (χ3n) is 2.07. The van der Waals surface area contributed by atoms with Gasteiger partial charge in [0, 0.05) is 13.0 Å². The second kappa shape index (κ2) is 21.3. The Morgan fingerprint density at radius 2 is 1.09 bits per heavy atom. The normalized spacial score (nSPS) is 11.0. The van der Waals surface area contributed by atoms with Gasteiger partial charge < -0.3 is 24.7 Å². The number of ether oxygens (including phenoxy) is 3. The van der Waals surface area contributed by atoms with Gasteiger partial charge in [0.1, 0.15) is 26.1 Å². The van der Waals surface area contributed by atoms with Crippen molar-refractivity contribution in [2.75, 3.05) is 72.6 Å². The molecule has 0 heterocycles. The predicted octanol–water partition coefficient (Wildman–Crippen LogP) is -0.588. The summed E-state index contributed by atoms with van der Waals surface area (Å²) in [5, 5.41) is 4.33. The number of nitrogens with two attached hydrogens (primary N) is 1. The van der Waals surface area contributed by atoms with Gasteiger partial charge in [-0.1, -0.05) is 5.04 Å². The van der Waals surface area contributed by atoms with E-state index in [0.29, 0.717) is 59.4 Å². The zero-order valence-corrected chi connectivity index (χ0v) is 13.3. The van der Waals surface area contributed by atoms with Gasteiger partial charge in [0.2, 0.25) is 0 Å². The highest BCUT2D eigenvalue weighted by molar-refractivity contribution is 5.49. The molecule has 0 radical (unpaired) electrons. The molecule has 138 valence electrons. The number of rotatable bonds is 20. The molecule has 0 spiro atoms. The summed E-state index contributed by atoms with van der Waals surface area (Å²) < 4.78 is 15.5. The van der Waals surface area contributed by atoms with Gasteiger partial charge in [0.05, 0.1) is 46.2 Å². The van der Waals surface area contributed by atoms with Crippen molar-refractivity contribution in [2.24, 2.45) is 5.73 Å². The molecule has 0 atom stereocenters. The number of hydrogen-bond donors (Lipinski definition) is 1. The van der Waals surface area contributed by atoms with E-state index in [0.717, 1.165) is 6.29 Å². The van der Waals surface area contributed by atoms with E-state index in [2.05, 4.69) is 14.8 Å². The summed E-state index contributed by atoms with van der Waals surface area (Å²) in [6.07, 6.45) is 0.982. The summed E-state index contributed by atoms with van der Waals surface area (Å²) in [5.74, 6) is 0. The smallest absolute Gasteiger partial charge is 0.122 e. The molecule has 10 nitrogen and oxygen atoms in total. The van der Waals surface area contributed by atoms with Crippen LogP contribution in [-0.4, -0.2) is 78.9 Å². The Bertz CT molecular complexity index is 233. The Balaban J connectivity index is 2.93. The van der Waals surface area contributed by atoms with Crippen LogP contribution in [0.2, 0.25) is 0 Å². The van der Waals surface area contributed by atoms with E-state index in [-0.39, 0.29) is 19.6 Å². The third kappa shape index (κ3) is 21.3. The quantitative estimate of drug-likeness (QED) is 0.133. The first kappa shape index (κ1) is 22.3. The van der Waals surface area contributed by atoms with Crippen LogP contribution in [0.1, 0.15) is 6.42 Å². The van der Waals surface area contributed by atoms with Crippen molar-refractivity contribution in [1.82, 2.24) is 0 Å². The Hall–Kier alpha value is -0.690. The fourth-order valence-electron chi connectivity index (χ4n) is 1.10. The molecule has 0 bridgehead atoms. The van der Waals surface area contributed by atoms with E-state index < -0.39 is 0 Å². The molecule has 0 aromatic heterocycles. The molecule has 0 saturated heterocycles. The first-order valence-electron chi connectivity index (χ1n) is 7.44. The van der Waals surface area contributed by atoms with Crippen LogP contribution >= 0.6 is 0 Å². The third-order valence-corrected chi connectivity index (χ3v) is 2.07. The Morgan fingerprint density at radius 1 is 0.609 bits per heavy atom. The fraction of sp³-hybridized carbons (Fsp3) is 0.923.